The number of rotatable bonds is 3. The van der Waals surface area contributed by atoms with E-state index in [0.29, 0.717) is 5.69 Å². The lowest BCUT2D eigenvalue weighted by Crippen LogP contribution is -2.41. The Labute approximate surface area is 152 Å². The van der Waals surface area contributed by atoms with E-state index in [2.05, 4.69) is 52.1 Å². The molecule has 0 saturated carbocycles. The molecule has 4 rings (SSSR count). The van der Waals surface area contributed by atoms with Crippen molar-refractivity contribution in [3.63, 3.8) is 0 Å². The lowest BCUT2D eigenvalue weighted by molar-refractivity contribution is -0.118. The zero-order valence-electron chi connectivity index (χ0n) is 15.2. The van der Waals surface area contributed by atoms with E-state index in [1.165, 1.54) is 5.57 Å². The van der Waals surface area contributed by atoms with Gasteiger partial charge in [-0.05, 0) is 49.8 Å². The fourth-order valence-corrected chi connectivity index (χ4v) is 3.65. The Hall–Kier alpha value is -2.22. The number of fused-ring (bicyclic) bond motifs is 1. The van der Waals surface area contributed by atoms with Crippen LogP contribution in [-0.4, -0.2) is 34.0 Å². The predicted molar refractivity (Wildman–Crippen MR) is 103 cm³/mol. The van der Waals surface area contributed by atoms with Crippen molar-refractivity contribution in [1.29, 1.82) is 0 Å². The largest absolute Gasteiger partial charge is 0.339 e. The normalized spacial score (nSPS) is 29.0. The van der Waals surface area contributed by atoms with E-state index in [-0.39, 0.29) is 30.0 Å². The first-order chi connectivity index (χ1) is 12.5. The summed E-state index contributed by atoms with van der Waals surface area (Å²) in [4.78, 5) is 20.4. The number of carbonyl (C=O) groups is 1. The molecule has 7 heteroatoms. The van der Waals surface area contributed by atoms with Crippen LogP contribution < -0.4 is 21.9 Å². The van der Waals surface area contributed by atoms with E-state index in [9.17, 15) is 4.79 Å². The number of nitrogens with zero attached hydrogens (tertiary/aromatic N) is 1. The van der Waals surface area contributed by atoms with Crippen molar-refractivity contribution in [1.82, 2.24) is 20.8 Å². The number of amides is 1. The third-order valence-electron chi connectivity index (χ3n) is 5.60. The second-order valence-corrected chi connectivity index (χ2v) is 7.51. The van der Waals surface area contributed by atoms with E-state index in [0.717, 1.165) is 36.0 Å². The van der Waals surface area contributed by atoms with Crippen LogP contribution in [0.25, 0.3) is 16.6 Å². The molecule has 138 valence electrons. The van der Waals surface area contributed by atoms with Gasteiger partial charge in [0, 0.05) is 23.2 Å². The minimum atomic E-state index is -0.251. The van der Waals surface area contributed by atoms with Crippen molar-refractivity contribution < 1.29 is 4.79 Å². The van der Waals surface area contributed by atoms with E-state index in [1.54, 1.807) is 6.20 Å². The van der Waals surface area contributed by atoms with Crippen molar-refractivity contribution in [2.45, 2.75) is 51.2 Å². The minimum Gasteiger partial charge on any atom is -0.339 e. The van der Waals surface area contributed by atoms with Gasteiger partial charge < -0.3 is 16.0 Å². The number of nitrogens with one attached hydrogen (secondary N) is 4. The molecule has 6 N–H and O–H groups in total. The molecule has 1 fully saturated rings. The summed E-state index contributed by atoms with van der Waals surface area (Å²) in [5.74, 6) is 0.172. The molecule has 1 aliphatic heterocycles. The van der Waals surface area contributed by atoms with Crippen molar-refractivity contribution in [2.24, 2.45) is 11.7 Å². The third-order valence-corrected chi connectivity index (χ3v) is 5.60. The highest BCUT2D eigenvalue weighted by molar-refractivity contribution is 5.97. The van der Waals surface area contributed by atoms with Gasteiger partial charge in [-0.25, -0.2) is 10.4 Å². The number of carbonyl (C=O) groups excluding carboxylic acids is 1. The molecule has 0 aromatic carbocycles. The SMILES string of the molecule is CC1NNC(C(=O)Nc2cnc3[nH]c(C4=CCC(N)CC4)cc3c2)C1C. The van der Waals surface area contributed by atoms with Gasteiger partial charge in [0.15, 0.2) is 0 Å². The van der Waals surface area contributed by atoms with Gasteiger partial charge in [-0.1, -0.05) is 13.0 Å². The van der Waals surface area contributed by atoms with Crippen LogP contribution in [0.1, 0.15) is 38.8 Å². The third kappa shape index (κ3) is 3.25. The number of aromatic nitrogens is 2. The Morgan fingerprint density at radius 3 is 2.85 bits per heavy atom. The molecule has 26 heavy (non-hydrogen) atoms. The summed E-state index contributed by atoms with van der Waals surface area (Å²) >= 11 is 0. The molecule has 1 saturated heterocycles. The molecule has 4 atom stereocenters. The highest BCUT2D eigenvalue weighted by atomic mass is 16.2. The molecule has 4 unspecified atom stereocenters. The Morgan fingerprint density at radius 1 is 1.31 bits per heavy atom. The van der Waals surface area contributed by atoms with E-state index >= 15 is 0 Å². The van der Waals surface area contributed by atoms with Gasteiger partial charge in [0.25, 0.3) is 0 Å². The summed E-state index contributed by atoms with van der Waals surface area (Å²) in [6, 6.07) is 4.34. The number of H-pyrrole nitrogens is 1. The number of pyridine rings is 1. The first-order valence-electron chi connectivity index (χ1n) is 9.27. The summed E-state index contributed by atoms with van der Waals surface area (Å²) in [6.07, 6.45) is 6.81. The highest BCUT2D eigenvalue weighted by Crippen LogP contribution is 2.28. The molecule has 0 spiro atoms. The first kappa shape index (κ1) is 17.2. The summed E-state index contributed by atoms with van der Waals surface area (Å²) in [6.45, 7) is 4.12. The van der Waals surface area contributed by atoms with Gasteiger partial charge in [0.05, 0.1) is 11.9 Å². The van der Waals surface area contributed by atoms with Crippen LogP contribution >= 0.6 is 0 Å². The number of anilines is 1. The zero-order chi connectivity index (χ0) is 18.3. The maximum absolute atomic E-state index is 12.5. The zero-order valence-corrected chi connectivity index (χ0v) is 15.2. The van der Waals surface area contributed by atoms with Crippen LogP contribution in [0.15, 0.2) is 24.4 Å². The summed E-state index contributed by atoms with van der Waals surface area (Å²) in [5, 5.41) is 3.97. The molecule has 2 aromatic rings. The molecule has 0 radical (unpaired) electrons. The lowest BCUT2D eigenvalue weighted by Gasteiger charge is -2.17. The van der Waals surface area contributed by atoms with Gasteiger partial charge in [0.2, 0.25) is 5.91 Å². The van der Waals surface area contributed by atoms with Crippen molar-refractivity contribution >= 4 is 28.2 Å². The van der Waals surface area contributed by atoms with Gasteiger partial charge >= 0.3 is 0 Å². The van der Waals surface area contributed by atoms with Crippen molar-refractivity contribution in [2.75, 3.05) is 5.32 Å². The molecule has 1 aliphatic carbocycles. The monoisotopic (exact) mass is 354 g/mol. The Morgan fingerprint density at radius 2 is 2.15 bits per heavy atom. The predicted octanol–water partition coefficient (Wildman–Crippen LogP) is 1.90. The Kier molecular flexibility index (Phi) is 4.52. The standard InChI is InChI=1S/C19H26N6O/c1-10-11(2)24-25-17(10)19(26)22-15-7-13-8-16(23-18(13)21-9-15)12-3-5-14(20)6-4-12/h3,7-11,14,17,24-25H,4-6,20H2,1-2H3,(H,21,23)(H,22,26). The molecular formula is C19H26N6O. The number of hydrazine groups is 1. The van der Waals surface area contributed by atoms with E-state index in [4.69, 9.17) is 5.73 Å². The molecular weight excluding hydrogens is 328 g/mol. The van der Waals surface area contributed by atoms with E-state index in [1.807, 2.05) is 6.07 Å². The maximum atomic E-state index is 12.5. The van der Waals surface area contributed by atoms with Crippen LogP contribution in [0.3, 0.4) is 0 Å². The number of aromatic amines is 1. The fraction of sp³-hybridized carbons (Fsp3) is 0.474. The molecule has 1 amide bonds. The number of nitrogens with two attached hydrogens (primary N) is 1. The topological polar surface area (TPSA) is 108 Å². The average Bonchev–Trinajstić information content (AvgIpc) is 3.19. The van der Waals surface area contributed by atoms with Crippen molar-refractivity contribution in [3.8, 4) is 0 Å². The van der Waals surface area contributed by atoms with Crippen molar-refractivity contribution in [3.05, 3.63) is 30.1 Å². The van der Waals surface area contributed by atoms with Gasteiger partial charge in [-0.3, -0.25) is 10.2 Å². The lowest BCUT2D eigenvalue weighted by atomic mass is 9.94. The first-order valence-corrected chi connectivity index (χ1v) is 9.27. The van der Waals surface area contributed by atoms with Gasteiger partial charge in [-0.2, -0.15) is 0 Å². The summed E-state index contributed by atoms with van der Waals surface area (Å²) in [7, 11) is 0. The second-order valence-electron chi connectivity index (χ2n) is 7.51. The Bertz CT molecular complexity index is 857. The fourth-order valence-electron chi connectivity index (χ4n) is 3.65. The summed E-state index contributed by atoms with van der Waals surface area (Å²) in [5.41, 5.74) is 16.1. The highest BCUT2D eigenvalue weighted by Gasteiger charge is 2.34. The maximum Gasteiger partial charge on any atom is 0.243 e. The quantitative estimate of drug-likeness (QED) is 0.579. The van der Waals surface area contributed by atoms with Gasteiger partial charge in [-0.15, -0.1) is 0 Å². The molecule has 7 nitrogen and oxygen atoms in total. The average molecular weight is 354 g/mol. The van der Waals surface area contributed by atoms with Crippen LogP contribution in [0.2, 0.25) is 0 Å². The second kappa shape index (κ2) is 6.83. The number of allylic oxidation sites excluding steroid dienone is 1. The van der Waals surface area contributed by atoms with Crippen LogP contribution in [0.5, 0.6) is 0 Å². The van der Waals surface area contributed by atoms with Crippen LogP contribution in [-0.2, 0) is 4.79 Å². The number of hydrogen-bond donors (Lipinski definition) is 5. The van der Waals surface area contributed by atoms with Crippen LogP contribution in [0.4, 0.5) is 5.69 Å². The molecule has 3 heterocycles. The Balaban J connectivity index is 1.52. The van der Waals surface area contributed by atoms with Gasteiger partial charge in [0.1, 0.15) is 11.7 Å². The minimum absolute atomic E-state index is 0.0461. The molecule has 0 bridgehead atoms. The van der Waals surface area contributed by atoms with E-state index < -0.39 is 0 Å². The summed E-state index contributed by atoms with van der Waals surface area (Å²) < 4.78 is 0. The number of hydrogen-bond acceptors (Lipinski definition) is 5. The smallest absolute Gasteiger partial charge is 0.243 e. The van der Waals surface area contributed by atoms with Crippen LogP contribution in [0, 0.1) is 5.92 Å². The molecule has 2 aliphatic rings. The molecule has 2 aromatic heterocycles.